The van der Waals surface area contributed by atoms with Gasteiger partial charge in [-0.1, -0.05) is 12.1 Å². The molecule has 8 heteroatoms. The molecule has 0 spiro atoms. The molecule has 3 aromatic rings. The summed E-state index contributed by atoms with van der Waals surface area (Å²) in [6.07, 6.45) is 2.96. The van der Waals surface area contributed by atoms with Crippen molar-refractivity contribution in [3.05, 3.63) is 89.6 Å². The first kappa shape index (κ1) is 19.5. The fourth-order valence-electron chi connectivity index (χ4n) is 2.93. The molecule has 4 nitrogen and oxygen atoms in total. The summed E-state index contributed by atoms with van der Waals surface area (Å²) in [4.78, 5) is 3.75. The number of nitrogens with one attached hydrogen (secondary N) is 1. The Hall–Kier alpha value is -3.81. The molecule has 0 saturated heterocycles. The summed E-state index contributed by atoms with van der Waals surface area (Å²) in [6, 6.07) is 9.60. The van der Waals surface area contributed by atoms with Gasteiger partial charge >= 0.3 is 0 Å². The van der Waals surface area contributed by atoms with Gasteiger partial charge < -0.3 is 15.2 Å². The first-order valence-electron chi connectivity index (χ1n) is 8.84. The zero-order valence-corrected chi connectivity index (χ0v) is 15.3. The minimum absolute atomic E-state index is 0.0425. The molecule has 1 aliphatic heterocycles. The number of aliphatic imine (C=N–C) groups is 1. The molecule has 2 N–H and O–H groups in total. The molecule has 3 aromatic carbocycles. The van der Waals surface area contributed by atoms with Crippen LogP contribution in [-0.2, 0) is 6.54 Å². The lowest BCUT2D eigenvalue weighted by Crippen LogP contribution is -2.12. The summed E-state index contributed by atoms with van der Waals surface area (Å²) in [7, 11) is 0. The van der Waals surface area contributed by atoms with Gasteiger partial charge in [-0.3, -0.25) is 0 Å². The maximum absolute atomic E-state index is 15.0. The Balaban J connectivity index is 1.62. The number of hydrogen-bond acceptors (Lipinski definition) is 4. The number of aromatic hydroxyl groups is 1. The summed E-state index contributed by atoms with van der Waals surface area (Å²) < 4.78 is 62.4. The summed E-state index contributed by atoms with van der Waals surface area (Å²) >= 11 is 0. The van der Waals surface area contributed by atoms with E-state index >= 15 is 0 Å². The Morgan fingerprint density at radius 3 is 2.47 bits per heavy atom. The lowest BCUT2D eigenvalue weighted by molar-refractivity contribution is 0.472. The normalized spacial score (nSPS) is 12.3. The standard InChI is InChI=1S/C22H14F4N2O2/c23-14-3-1-2-12(8-14)16-10-15(29)9-13(20(16)25)11-28-22-17(24)4-5-18(21(22)26)30-19-6-7-27-19/h1-10,28-29H,11H2. The quantitative estimate of drug-likeness (QED) is 0.540. The summed E-state index contributed by atoms with van der Waals surface area (Å²) in [5.41, 5.74) is -0.414. The van der Waals surface area contributed by atoms with Gasteiger partial charge in [-0.05, 0) is 42.0 Å². The Labute approximate surface area is 168 Å². The maximum Gasteiger partial charge on any atom is 0.220 e. The molecule has 1 heterocycles. The van der Waals surface area contributed by atoms with Crippen molar-refractivity contribution in [3.8, 4) is 22.6 Å². The third-order valence-electron chi connectivity index (χ3n) is 4.41. The SMILES string of the molecule is Oc1cc(CNc2c(F)ccc(OC3=NC=C3)c2F)c(F)c(-c2cccc(F)c2)c1. The van der Waals surface area contributed by atoms with E-state index in [9.17, 15) is 22.7 Å². The molecule has 4 rings (SSSR count). The van der Waals surface area contributed by atoms with E-state index in [0.29, 0.717) is 0 Å². The van der Waals surface area contributed by atoms with Crippen molar-refractivity contribution in [2.24, 2.45) is 4.99 Å². The largest absolute Gasteiger partial charge is 0.508 e. The average Bonchev–Trinajstić information content (AvgIpc) is 2.68. The smallest absolute Gasteiger partial charge is 0.220 e. The molecule has 0 saturated carbocycles. The van der Waals surface area contributed by atoms with Crippen LogP contribution >= 0.6 is 0 Å². The van der Waals surface area contributed by atoms with Crippen LogP contribution in [0.1, 0.15) is 5.56 Å². The van der Waals surface area contributed by atoms with E-state index in [1.54, 1.807) is 0 Å². The molecular formula is C22H14F4N2O2. The van der Waals surface area contributed by atoms with Gasteiger partial charge in [-0.2, -0.15) is 0 Å². The molecule has 0 aromatic heterocycles. The predicted molar refractivity (Wildman–Crippen MR) is 104 cm³/mol. The summed E-state index contributed by atoms with van der Waals surface area (Å²) in [5.74, 6) is -3.60. The minimum atomic E-state index is -1.01. The number of nitrogens with zero attached hydrogens (tertiary/aromatic N) is 1. The highest BCUT2D eigenvalue weighted by Gasteiger charge is 2.19. The second-order valence-electron chi connectivity index (χ2n) is 6.45. The van der Waals surface area contributed by atoms with Gasteiger partial charge in [-0.15, -0.1) is 0 Å². The van der Waals surface area contributed by atoms with Crippen LogP contribution in [-0.4, -0.2) is 11.0 Å². The molecule has 0 amide bonds. The predicted octanol–water partition coefficient (Wildman–Crippen LogP) is 5.53. The van der Waals surface area contributed by atoms with Gasteiger partial charge in [0.2, 0.25) is 5.90 Å². The van der Waals surface area contributed by atoms with Gasteiger partial charge in [-0.25, -0.2) is 22.6 Å². The average molecular weight is 414 g/mol. The van der Waals surface area contributed by atoms with E-state index < -0.39 is 29.0 Å². The molecular weight excluding hydrogens is 400 g/mol. The van der Waals surface area contributed by atoms with Crippen LogP contribution in [0.5, 0.6) is 11.5 Å². The van der Waals surface area contributed by atoms with Crippen LogP contribution in [0.15, 0.2) is 65.8 Å². The lowest BCUT2D eigenvalue weighted by Gasteiger charge is -2.15. The van der Waals surface area contributed by atoms with Gasteiger partial charge in [0.15, 0.2) is 11.6 Å². The van der Waals surface area contributed by atoms with Crippen LogP contribution in [0.3, 0.4) is 0 Å². The number of ether oxygens (including phenoxy) is 1. The zero-order valence-electron chi connectivity index (χ0n) is 15.3. The van der Waals surface area contributed by atoms with Crippen LogP contribution in [0, 0.1) is 23.3 Å². The van der Waals surface area contributed by atoms with Gasteiger partial charge in [0, 0.05) is 29.9 Å². The molecule has 0 bridgehead atoms. The second-order valence-corrected chi connectivity index (χ2v) is 6.45. The lowest BCUT2D eigenvalue weighted by atomic mass is 10.0. The molecule has 0 fully saturated rings. The molecule has 0 atom stereocenters. The third-order valence-corrected chi connectivity index (χ3v) is 4.41. The number of anilines is 1. The first-order chi connectivity index (χ1) is 14.4. The highest BCUT2D eigenvalue weighted by Crippen LogP contribution is 2.32. The third kappa shape index (κ3) is 3.84. The van der Waals surface area contributed by atoms with E-state index in [-0.39, 0.29) is 40.6 Å². The Bertz CT molecular complexity index is 1190. The monoisotopic (exact) mass is 414 g/mol. The minimum Gasteiger partial charge on any atom is -0.508 e. The Kier molecular flexibility index (Phi) is 5.14. The number of halogens is 4. The van der Waals surface area contributed by atoms with Crippen LogP contribution in [0.2, 0.25) is 0 Å². The summed E-state index contributed by atoms with van der Waals surface area (Å²) in [5, 5.41) is 12.4. The van der Waals surface area contributed by atoms with Crippen molar-refractivity contribution < 1.29 is 27.4 Å². The summed E-state index contributed by atoms with van der Waals surface area (Å²) in [6.45, 7) is -0.347. The second kappa shape index (κ2) is 7.90. The number of phenols is 1. The van der Waals surface area contributed by atoms with Crippen molar-refractivity contribution in [2.75, 3.05) is 5.32 Å². The topological polar surface area (TPSA) is 53.8 Å². The van der Waals surface area contributed by atoms with Crippen molar-refractivity contribution >= 4 is 11.6 Å². The number of phenolic OH excluding ortho intramolecular Hbond substituents is 1. The maximum atomic E-state index is 15.0. The van der Waals surface area contributed by atoms with Gasteiger partial charge in [0.05, 0.1) is 0 Å². The highest BCUT2D eigenvalue weighted by molar-refractivity contribution is 5.94. The van der Waals surface area contributed by atoms with E-state index in [1.165, 1.54) is 30.5 Å². The number of rotatable bonds is 5. The Morgan fingerprint density at radius 1 is 0.967 bits per heavy atom. The van der Waals surface area contributed by atoms with Crippen molar-refractivity contribution in [2.45, 2.75) is 6.54 Å². The van der Waals surface area contributed by atoms with Gasteiger partial charge in [0.1, 0.15) is 28.9 Å². The van der Waals surface area contributed by atoms with Crippen molar-refractivity contribution in [1.29, 1.82) is 0 Å². The molecule has 0 aliphatic carbocycles. The Morgan fingerprint density at radius 2 is 1.77 bits per heavy atom. The van der Waals surface area contributed by atoms with E-state index in [4.69, 9.17) is 4.74 Å². The van der Waals surface area contributed by atoms with Crippen LogP contribution in [0.4, 0.5) is 23.2 Å². The molecule has 152 valence electrons. The van der Waals surface area contributed by atoms with Crippen LogP contribution in [0.25, 0.3) is 11.1 Å². The van der Waals surface area contributed by atoms with E-state index in [2.05, 4.69) is 10.3 Å². The molecule has 0 radical (unpaired) electrons. The first-order valence-corrected chi connectivity index (χ1v) is 8.84. The van der Waals surface area contributed by atoms with Crippen molar-refractivity contribution in [1.82, 2.24) is 0 Å². The fourth-order valence-corrected chi connectivity index (χ4v) is 2.93. The van der Waals surface area contributed by atoms with Gasteiger partial charge in [0.25, 0.3) is 0 Å². The van der Waals surface area contributed by atoms with Crippen LogP contribution < -0.4 is 10.1 Å². The highest BCUT2D eigenvalue weighted by atomic mass is 19.1. The van der Waals surface area contributed by atoms with E-state index in [1.807, 2.05) is 0 Å². The number of hydrogen-bond donors (Lipinski definition) is 2. The number of benzene rings is 3. The van der Waals surface area contributed by atoms with Crippen molar-refractivity contribution in [3.63, 3.8) is 0 Å². The zero-order chi connectivity index (χ0) is 21.3. The van der Waals surface area contributed by atoms with E-state index in [0.717, 1.165) is 30.3 Å². The molecule has 1 aliphatic rings. The fraction of sp³-hybridized carbons (Fsp3) is 0.0455. The molecule has 30 heavy (non-hydrogen) atoms. The molecule has 0 unspecified atom stereocenters.